The zero-order chi connectivity index (χ0) is 30.4. The maximum Gasteiger partial charge on any atom is 0.340 e. The molecule has 0 amide bonds. The molecule has 3 aliphatic rings. The molecule has 2 aromatic rings. The van der Waals surface area contributed by atoms with E-state index < -0.39 is 70.8 Å². The highest BCUT2D eigenvalue weighted by molar-refractivity contribution is 5.90. The van der Waals surface area contributed by atoms with Gasteiger partial charge in [0.25, 0.3) is 0 Å². The summed E-state index contributed by atoms with van der Waals surface area (Å²) in [6.45, 7) is 10.1. The molecule has 1 aromatic carbocycles. The summed E-state index contributed by atoms with van der Waals surface area (Å²) in [5, 5.41) is 0. The van der Waals surface area contributed by atoms with Crippen molar-refractivity contribution in [3.8, 4) is 0 Å². The number of rotatable bonds is 6. The maximum atomic E-state index is 13.6. The molecular weight excluding hydrogens is 542 g/mol. The summed E-state index contributed by atoms with van der Waals surface area (Å²) in [6, 6.07) is 11.8. The third kappa shape index (κ3) is 4.65. The van der Waals surface area contributed by atoms with E-state index in [9.17, 15) is 19.2 Å². The van der Waals surface area contributed by atoms with Crippen molar-refractivity contribution in [3.63, 3.8) is 0 Å². The number of hydrogen-bond donors (Lipinski definition) is 0. The summed E-state index contributed by atoms with van der Waals surface area (Å²) in [6.07, 6.45) is -0.0405. The number of pyridine rings is 1. The Morgan fingerprint density at radius 1 is 0.810 bits per heavy atom. The Kier molecular flexibility index (Phi) is 7.64. The fraction of sp³-hybridized carbons (Fsp3) is 0.531. The lowest BCUT2D eigenvalue weighted by atomic mass is 9.48. The molecule has 2 bridgehead atoms. The van der Waals surface area contributed by atoms with Gasteiger partial charge in [0, 0.05) is 26.2 Å². The normalized spacial score (nSPS) is 34.4. The van der Waals surface area contributed by atoms with Crippen molar-refractivity contribution >= 4 is 23.9 Å². The molecule has 0 radical (unpaired) electrons. The van der Waals surface area contributed by atoms with Crippen molar-refractivity contribution in [2.45, 2.75) is 90.0 Å². The van der Waals surface area contributed by atoms with Crippen LogP contribution in [0, 0.1) is 17.3 Å². The molecule has 2 heterocycles. The molecule has 1 saturated heterocycles. The lowest BCUT2D eigenvalue weighted by Crippen LogP contribution is -2.76. The van der Waals surface area contributed by atoms with Crippen LogP contribution in [0.25, 0.3) is 0 Å². The monoisotopic (exact) mass is 579 g/mol. The molecule has 10 nitrogen and oxygen atoms in total. The van der Waals surface area contributed by atoms with Gasteiger partial charge in [-0.05, 0) is 63.8 Å². The highest BCUT2D eigenvalue weighted by Gasteiger charge is 2.82. The summed E-state index contributed by atoms with van der Waals surface area (Å²) < 4.78 is 31.5. The molecule has 224 valence electrons. The molecule has 0 N–H and O–H groups in total. The first kappa shape index (κ1) is 29.7. The summed E-state index contributed by atoms with van der Waals surface area (Å²) in [4.78, 5) is 56.3. The standard InChI is InChI=1S/C32H37NO9/c1-18-14-15-23(38-19(2)34)31(6)27(41-29(37)22-13-10-16-33-17-22)25(39-20(3)35)24-26(32(18,31)42-30(24,4)5)40-28(36)21-11-8-7-9-12-21/h7-13,16-18,23-27H,14-15H2,1-6H3/t18-,23+,24+,25+,26-,27+,31-,32+/m1/s1. The third-order valence-electron chi connectivity index (χ3n) is 9.32. The van der Waals surface area contributed by atoms with E-state index in [1.54, 1.807) is 42.5 Å². The van der Waals surface area contributed by atoms with Gasteiger partial charge in [-0.3, -0.25) is 14.6 Å². The van der Waals surface area contributed by atoms with E-state index in [0.717, 1.165) is 0 Å². The Hall–Kier alpha value is -3.79. The Bertz CT molecular complexity index is 1360. The molecule has 42 heavy (non-hydrogen) atoms. The van der Waals surface area contributed by atoms with Crippen molar-refractivity contribution in [1.82, 2.24) is 4.98 Å². The first-order valence-electron chi connectivity index (χ1n) is 14.2. The minimum atomic E-state index is -1.31. The molecular formula is C32H37NO9. The van der Waals surface area contributed by atoms with E-state index in [1.165, 1.54) is 26.2 Å². The van der Waals surface area contributed by atoms with Gasteiger partial charge < -0.3 is 23.7 Å². The second-order valence-corrected chi connectivity index (χ2v) is 12.2. The highest BCUT2D eigenvalue weighted by atomic mass is 16.6. The maximum absolute atomic E-state index is 13.6. The van der Waals surface area contributed by atoms with Gasteiger partial charge >= 0.3 is 23.9 Å². The van der Waals surface area contributed by atoms with Crippen LogP contribution in [0.4, 0.5) is 0 Å². The predicted molar refractivity (Wildman–Crippen MR) is 148 cm³/mol. The Morgan fingerprint density at radius 2 is 1.43 bits per heavy atom. The lowest BCUT2D eigenvalue weighted by molar-refractivity contribution is -0.296. The van der Waals surface area contributed by atoms with Gasteiger partial charge in [-0.2, -0.15) is 0 Å². The van der Waals surface area contributed by atoms with E-state index in [2.05, 4.69) is 4.98 Å². The number of aromatic nitrogens is 1. The first-order valence-corrected chi connectivity index (χ1v) is 14.2. The zero-order valence-electron chi connectivity index (χ0n) is 24.7. The topological polar surface area (TPSA) is 127 Å². The van der Waals surface area contributed by atoms with E-state index >= 15 is 0 Å². The van der Waals surface area contributed by atoms with E-state index in [4.69, 9.17) is 23.7 Å². The van der Waals surface area contributed by atoms with E-state index in [-0.39, 0.29) is 11.5 Å². The fourth-order valence-electron chi connectivity index (χ4n) is 7.67. The van der Waals surface area contributed by atoms with E-state index in [1.807, 2.05) is 27.7 Å². The molecule has 1 aromatic heterocycles. The first-order chi connectivity index (χ1) is 19.8. The quantitative estimate of drug-likeness (QED) is 0.361. The zero-order valence-corrected chi connectivity index (χ0v) is 24.7. The number of carbonyl (C=O) groups excluding carboxylic acids is 4. The van der Waals surface area contributed by atoms with Crippen LogP contribution in [0.1, 0.15) is 75.1 Å². The van der Waals surface area contributed by atoms with Crippen LogP contribution in [0.2, 0.25) is 0 Å². The minimum absolute atomic E-state index is 0.203. The molecule has 5 rings (SSSR count). The molecule has 8 atom stereocenters. The van der Waals surface area contributed by atoms with Crippen molar-refractivity contribution < 1.29 is 42.9 Å². The second kappa shape index (κ2) is 10.8. The van der Waals surface area contributed by atoms with Crippen LogP contribution in [0.3, 0.4) is 0 Å². The molecule has 2 saturated carbocycles. The van der Waals surface area contributed by atoms with Crippen molar-refractivity contribution in [1.29, 1.82) is 0 Å². The molecule has 3 fully saturated rings. The van der Waals surface area contributed by atoms with Crippen molar-refractivity contribution in [3.05, 3.63) is 66.0 Å². The number of esters is 4. The SMILES string of the molecule is CC(=O)O[C@H]1[C@H]2[C@@H](OC(=O)c3ccccc3)[C@@]3(OC2(C)C)[C@H](C)CC[C@H](OC(C)=O)[C@]3(C)[C@H]1OC(=O)c1cccnc1. The Morgan fingerprint density at radius 3 is 2.05 bits per heavy atom. The largest absolute Gasteiger partial charge is 0.462 e. The van der Waals surface area contributed by atoms with Gasteiger partial charge in [0.15, 0.2) is 6.10 Å². The van der Waals surface area contributed by atoms with Crippen molar-refractivity contribution in [2.24, 2.45) is 17.3 Å². The number of ether oxygens (including phenoxy) is 5. The van der Waals surface area contributed by atoms with Crippen LogP contribution in [0.5, 0.6) is 0 Å². The Labute approximate surface area is 245 Å². The third-order valence-corrected chi connectivity index (χ3v) is 9.32. The second-order valence-electron chi connectivity index (χ2n) is 12.2. The smallest absolute Gasteiger partial charge is 0.340 e. The van der Waals surface area contributed by atoms with Gasteiger partial charge in [-0.1, -0.05) is 25.1 Å². The lowest BCUT2D eigenvalue weighted by Gasteiger charge is -2.62. The summed E-state index contributed by atoms with van der Waals surface area (Å²) in [5.41, 5.74) is -3.04. The highest BCUT2D eigenvalue weighted by Crippen LogP contribution is 2.68. The summed E-state index contributed by atoms with van der Waals surface area (Å²) in [5.74, 6) is -3.34. The predicted octanol–water partition coefficient (Wildman–Crippen LogP) is 4.31. The van der Waals surface area contributed by atoms with Crippen LogP contribution in [-0.4, -0.2) is 64.5 Å². The molecule has 1 spiro atoms. The van der Waals surface area contributed by atoms with Crippen LogP contribution >= 0.6 is 0 Å². The van der Waals surface area contributed by atoms with Gasteiger partial charge in [-0.25, -0.2) is 9.59 Å². The number of nitrogens with zero attached hydrogens (tertiary/aromatic N) is 1. The Balaban J connectivity index is 1.71. The number of carbonyl (C=O) groups is 4. The van der Waals surface area contributed by atoms with Crippen LogP contribution < -0.4 is 0 Å². The number of fused-ring (bicyclic) bond motifs is 1. The minimum Gasteiger partial charge on any atom is -0.462 e. The van der Waals surface area contributed by atoms with Crippen molar-refractivity contribution in [2.75, 3.05) is 0 Å². The molecule has 2 aliphatic carbocycles. The van der Waals surface area contributed by atoms with Gasteiger partial charge in [0.05, 0.1) is 28.1 Å². The van der Waals surface area contributed by atoms with E-state index in [0.29, 0.717) is 18.4 Å². The average Bonchev–Trinajstić information content (AvgIpc) is 3.15. The van der Waals surface area contributed by atoms with Gasteiger partial charge in [0.1, 0.15) is 23.9 Å². The van der Waals surface area contributed by atoms with Crippen LogP contribution in [0.15, 0.2) is 54.9 Å². The molecule has 0 unspecified atom stereocenters. The summed E-state index contributed by atoms with van der Waals surface area (Å²) in [7, 11) is 0. The number of benzene rings is 1. The number of hydrogen-bond acceptors (Lipinski definition) is 10. The van der Waals surface area contributed by atoms with Gasteiger partial charge in [-0.15, -0.1) is 0 Å². The van der Waals surface area contributed by atoms with Crippen LogP contribution in [-0.2, 0) is 33.3 Å². The van der Waals surface area contributed by atoms with Gasteiger partial charge in [0.2, 0.25) is 0 Å². The molecule has 1 aliphatic heterocycles. The average molecular weight is 580 g/mol. The molecule has 10 heteroatoms. The summed E-state index contributed by atoms with van der Waals surface area (Å²) >= 11 is 0. The fourth-order valence-corrected chi connectivity index (χ4v) is 7.67.